The molecule has 1 unspecified atom stereocenters. The normalized spacial score (nSPS) is 12.9. The Hall–Kier alpha value is -1.01. The number of alkyl halides is 3. The first-order valence-corrected chi connectivity index (χ1v) is 6.47. The van der Waals surface area contributed by atoms with E-state index in [0.29, 0.717) is 0 Å². The Morgan fingerprint density at radius 1 is 1.42 bits per heavy atom. The molecule has 2 nitrogen and oxygen atoms in total. The summed E-state index contributed by atoms with van der Waals surface area (Å²) >= 11 is 10.5. The molecule has 1 atom stereocenters. The fourth-order valence-electron chi connectivity index (χ4n) is 1.31. The van der Waals surface area contributed by atoms with Gasteiger partial charge in [0.25, 0.3) is 0 Å². The summed E-state index contributed by atoms with van der Waals surface area (Å²) < 4.78 is 38.0. The number of halogens is 4. The van der Waals surface area contributed by atoms with E-state index >= 15 is 0 Å². The largest absolute Gasteiger partial charge is 0.417 e. The molecule has 0 aliphatic carbocycles. The third kappa shape index (κ3) is 4.87. The summed E-state index contributed by atoms with van der Waals surface area (Å²) in [6.45, 7) is 3.90. The van der Waals surface area contributed by atoms with Crippen LogP contribution in [0.15, 0.2) is 18.2 Å². The van der Waals surface area contributed by atoms with E-state index in [1.54, 1.807) is 0 Å². The van der Waals surface area contributed by atoms with Gasteiger partial charge >= 0.3 is 6.18 Å². The van der Waals surface area contributed by atoms with E-state index in [1.165, 1.54) is 12.1 Å². The van der Waals surface area contributed by atoms with Crippen molar-refractivity contribution in [3.63, 3.8) is 0 Å². The highest BCUT2D eigenvalue weighted by atomic mass is 35.5. The molecule has 1 rings (SSSR count). The Bertz CT molecular complexity index is 463. The molecule has 19 heavy (non-hydrogen) atoms. The lowest BCUT2D eigenvalue weighted by atomic mass is 10.2. The monoisotopic (exact) mass is 310 g/mol. The van der Waals surface area contributed by atoms with Crippen LogP contribution in [-0.2, 0) is 6.18 Å². The zero-order valence-corrected chi connectivity index (χ0v) is 12.0. The molecule has 0 saturated carbocycles. The number of hydrogen-bond donors (Lipinski definition) is 2. The molecule has 0 heterocycles. The second-order valence-electron chi connectivity index (χ2n) is 4.10. The van der Waals surface area contributed by atoms with E-state index < -0.39 is 11.7 Å². The predicted octanol–water partition coefficient (Wildman–Crippen LogP) is 4.44. The lowest BCUT2D eigenvalue weighted by Crippen LogP contribution is -2.35. The average Bonchev–Trinajstić information content (AvgIpc) is 2.29. The third-order valence-corrected chi connectivity index (χ3v) is 3.07. The molecule has 1 aromatic carbocycles. The smallest absolute Gasteiger partial charge is 0.360 e. The van der Waals surface area contributed by atoms with Crippen LogP contribution in [0.3, 0.4) is 0 Å². The maximum absolute atomic E-state index is 12.7. The van der Waals surface area contributed by atoms with Crippen LogP contribution in [0.2, 0.25) is 5.02 Å². The first-order chi connectivity index (χ1) is 8.74. The van der Waals surface area contributed by atoms with Gasteiger partial charge in [0.2, 0.25) is 0 Å². The van der Waals surface area contributed by atoms with Gasteiger partial charge in [0.15, 0.2) is 5.11 Å². The van der Waals surface area contributed by atoms with Gasteiger partial charge in [-0.25, -0.2) is 0 Å². The molecular formula is C12H14ClF3N2S. The van der Waals surface area contributed by atoms with Crippen LogP contribution in [0.1, 0.15) is 25.8 Å². The summed E-state index contributed by atoms with van der Waals surface area (Å²) in [6.07, 6.45) is -3.63. The van der Waals surface area contributed by atoms with Crippen molar-refractivity contribution in [1.29, 1.82) is 0 Å². The van der Waals surface area contributed by atoms with Gasteiger partial charge in [-0.3, -0.25) is 0 Å². The first kappa shape index (κ1) is 16.0. The van der Waals surface area contributed by atoms with Crippen LogP contribution < -0.4 is 10.6 Å². The van der Waals surface area contributed by atoms with Gasteiger partial charge in [-0.05, 0) is 43.8 Å². The molecule has 0 radical (unpaired) electrons. The van der Waals surface area contributed by atoms with E-state index in [9.17, 15) is 13.2 Å². The van der Waals surface area contributed by atoms with Gasteiger partial charge in [-0.2, -0.15) is 13.2 Å². The van der Waals surface area contributed by atoms with Crippen LogP contribution in [0.25, 0.3) is 0 Å². The van der Waals surface area contributed by atoms with Crippen molar-refractivity contribution < 1.29 is 13.2 Å². The van der Waals surface area contributed by atoms with Gasteiger partial charge < -0.3 is 10.6 Å². The topological polar surface area (TPSA) is 24.1 Å². The van der Waals surface area contributed by atoms with Gasteiger partial charge in [-0.1, -0.05) is 18.5 Å². The summed E-state index contributed by atoms with van der Waals surface area (Å²) in [5.74, 6) is 0. The van der Waals surface area contributed by atoms with E-state index in [2.05, 4.69) is 10.6 Å². The molecule has 0 aromatic heterocycles. The van der Waals surface area contributed by atoms with Crippen LogP contribution in [0.4, 0.5) is 18.9 Å². The maximum atomic E-state index is 12.7. The SMILES string of the molecule is CCC(C)NC(=S)Nc1ccc(Cl)c(C(F)(F)F)c1. The summed E-state index contributed by atoms with van der Waals surface area (Å²) in [5.41, 5.74) is -0.636. The number of thiocarbonyl (C=S) groups is 1. The van der Waals surface area contributed by atoms with Gasteiger partial charge in [0.05, 0.1) is 10.6 Å². The lowest BCUT2D eigenvalue weighted by molar-refractivity contribution is -0.137. The van der Waals surface area contributed by atoms with Crippen molar-refractivity contribution in [2.45, 2.75) is 32.5 Å². The maximum Gasteiger partial charge on any atom is 0.417 e. The zero-order chi connectivity index (χ0) is 14.6. The van der Waals surface area contributed by atoms with Gasteiger partial charge in [-0.15, -0.1) is 0 Å². The zero-order valence-electron chi connectivity index (χ0n) is 10.4. The highest BCUT2D eigenvalue weighted by molar-refractivity contribution is 7.80. The van der Waals surface area contributed by atoms with Crippen molar-refractivity contribution in [3.05, 3.63) is 28.8 Å². The number of nitrogens with one attached hydrogen (secondary N) is 2. The van der Waals surface area contributed by atoms with Crippen molar-refractivity contribution in [3.8, 4) is 0 Å². The Kier molecular flexibility index (Phi) is 5.43. The fourth-order valence-corrected chi connectivity index (χ4v) is 1.86. The Labute approximate surface area is 120 Å². The van der Waals surface area contributed by atoms with Crippen LogP contribution in [-0.4, -0.2) is 11.2 Å². The fraction of sp³-hybridized carbons (Fsp3) is 0.417. The Balaban J connectivity index is 2.83. The molecule has 0 saturated heterocycles. The van der Waals surface area contributed by atoms with Crippen molar-refractivity contribution in [2.24, 2.45) is 0 Å². The minimum absolute atomic E-state index is 0.148. The van der Waals surface area contributed by atoms with Crippen LogP contribution in [0, 0.1) is 0 Å². The van der Waals surface area contributed by atoms with Crippen LogP contribution >= 0.6 is 23.8 Å². The molecule has 2 N–H and O–H groups in total. The summed E-state index contributed by atoms with van der Waals surface area (Å²) in [5, 5.41) is 5.61. The quantitative estimate of drug-likeness (QED) is 0.807. The highest BCUT2D eigenvalue weighted by Gasteiger charge is 2.33. The second-order valence-corrected chi connectivity index (χ2v) is 4.92. The van der Waals surface area contributed by atoms with E-state index in [-0.39, 0.29) is 21.9 Å². The molecule has 0 amide bonds. The minimum atomic E-state index is -4.49. The second kappa shape index (κ2) is 6.43. The highest BCUT2D eigenvalue weighted by Crippen LogP contribution is 2.36. The number of hydrogen-bond acceptors (Lipinski definition) is 1. The molecule has 106 valence electrons. The molecule has 0 spiro atoms. The first-order valence-electron chi connectivity index (χ1n) is 5.68. The summed E-state index contributed by atoms with van der Waals surface area (Å²) in [4.78, 5) is 0. The van der Waals surface area contributed by atoms with Crippen molar-refractivity contribution in [1.82, 2.24) is 5.32 Å². The third-order valence-electron chi connectivity index (χ3n) is 2.52. The number of rotatable bonds is 3. The predicted molar refractivity (Wildman–Crippen MR) is 75.6 cm³/mol. The van der Waals surface area contributed by atoms with Gasteiger partial charge in [0.1, 0.15) is 0 Å². The molecule has 0 aliphatic rings. The van der Waals surface area contributed by atoms with Gasteiger partial charge in [0, 0.05) is 11.7 Å². The summed E-state index contributed by atoms with van der Waals surface area (Å²) in [7, 11) is 0. The molecule has 1 aromatic rings. The molecule has 0 fully saturated rings. The molecule has 0 aliphatic heterocycles. The molecule has 0 bridgehead atoms. The number of anilines is 1. The Morgan fingerprint density at radius 2 is 2.05 bits per heavy atom. The van der Waals surface area contributed by atoms with Crippen LogP contribution in [0.5, 0.6) is 0 Å². The minimum Gasteiger partial charge on any atom is -0.360 e. The Morgan fingerprint density at radius 3 is 2.58 bits per heavy atom. The van der Waals surface area contributed by atoms with Crippen molar-refractivity contribution in [2.75, 3.05) is 5.32 Å². The lowest BCUT2D eigenvalue weighted by Gasteiger charge is -2.16. The average molecular weight is 311 g/mol. The standard InChI is InChI=1S/C12H14ClF3N2S/c1-3-7(2)17-11(19)18-8-4-5-10(13)9(6-8)12(14,15)16/h4-7H,3H2,1-2H3,(H2,17,18,19). The molecule has 7 heteroatoms. The molecular weight excluding hydrogens is 297 g/mol. The summed E-state index contributed by atoms with van der Waals surface area (Å²) in [6, 6.07) is 3.72. The van der Waals surface area contributed by atoms with E-state index in [4.69, 9.17) is 23.8 Å². The van der Waals surface area contributed by atoms with Crippen molar-refractivity contribution >= 4 is 34.6 Å². The number of benzene rings is 1. The van der Waals surface area contributed by atoms with E-state index in [0.717, 1.165) is 12.5 Å². The van der Waals surface area contributed by atoms with E-state index in [1.807, 2.05) is 13.8 Å².